The number of carboxylic acids is 1. The number of benzene rings is 2. The average molecular weight is 450 g/mol. The molecule has 3 atom stereocenters. The van der Waals surface area contributed by atoms with Crippen LogP contribution in [-0.4, -0.2) is 34.6 Å². The minimum atomic E-state index is -1.70. The van der Waals surface area contributed by atoms with Crippen molar-refractivity contribution >= 4 is 29.2 Å². The molecule has 1 fully saturated rings. The third-order valence-corrected chi connectivity index (χ3v) is 6.02. The molecule has 0 saturated carbocycles. The minimum absolute atomic E-state index is 0.0314. The zero-order valence-corrected chi connectivity index (χ0v) is 17.9. The molecule has 2 aliphatic rings. The highest BCUT2D eigenvalue weighted by Gasteiger charge is 2.66. The fourth-order valence-corrected chi connectivity index (χ4v) is 4.82. The maximum absolute atomic E-state index is 15.2. The molecule has 6 nitrogen and oxygen atoms in total. The summed E-state index contributed by atoms with van der Waals surface area (Å²) in [6.45, 7) is 6.00. The molecule has 0 aliphatic carbocycles. The van der Waals surface area contributed by atoms with Gasteiger partial charge >= 0.3 is 5.97 Å². The summed E-state index contributed by atoms with van der Waals surface area (Å²) in [4.78, 5) is 25.8. The molecule has 31 heavy (non-hydrogen) atoms. The number of nitrogens with one attached hydrogen (secondary N) is 2. The largest absolute Gasteiger partial charge is 0.480 e. The Hall–Kier alpha value is -2.55. The van der Waals surface area contributed by atoms with Crippen molar-refractivity contribution in [3.8, 4) is 0 Å². The van der Waals surface area contributed by atoms with Gasteiger partial charge in [0.1, 0.15) is 17.7 Å². The van der Waals surface area contributed by atoms with E-state index in [1.165, 1.54) is 35.3 Å². The molecule has 2 heterocycles. The average Bonchev–Trinajstić information content (AvgIpc) is 3.15. The number of rotatable bonds is 3. The molecular formula is C22H22ClF2N3O3. The monoisotopic (exact) mass is 449 g/mol. The van der Waals surface area contributed by atoms with E-state index in [-0.39, 0.29) is 33.8 Å². The first kappa shape index (κ1) is 21.7. The second kappa shape index (κ2) is 7.25. The summed E-state index contributed by atoms with van der Waals surface area (Å²) in [5.41, 5.74) is 1.02. The SMILES string of the molecule is CC(C)(C)CN1NC(C(=O)O)C(c2cccc(Cl)c2F)C12C(=O)Nc1c(F)cccc12. The van der Waals surface area contributed by atoms with Crippen LogP contribution in [-0.2, 0) is 15.1 Å². The maximum atomic E-state index is 15.2. The van der Waals surface area contributed by atoms with Gasteiger partial charge in [0.15, 0.2) is 5.54 Å². The Morgan fingerprint density at radius 2 is 1.90 bits per heavy atom. The highest BCUT2D eigenvalue weighted by molar-refractivity contribution is 6.30. The predicted octanol–water partition coefficient (Wildman–Crippen LogP) is 3.87. The number of anilines is 1. The number of hydrazine groups is 1. The molecule has 1 amide bonds. The smallest absolute Gasteiger partial charge is 0.322 e. The number of fused-ring (bicyclic) bond motifs is 2. The normalized spacial score (nSPS) is 25.7. The number of carbonyl (C=O) groups is 2. The number of carboxylic acid groups (broad SMARTS) is 1. The van der Waals surface area contributed by atoms with Crippen molar-refractivity contribution in [2.75, 3.05) is 11.9 Å². The van der Waals surface area contributed by atoms with E-state index in [9.17, 15) is 19.1 Å². The van der Waals surface area contributed by atoms with Crippen LogP contribution >= 0.6 is 11.6 Å². The Morgan fingerprint density at radius 1 is 1.23 bits per heavy atom. The van der Waals surface area contributed by atoms with Gasteiger partial charge in [-0.1, -0.05) is 56.6 Å². The lowest BCUT2D eigenvalue weighted by Gasteiger charge is -2.39. The molecule has 2 aromatic rings. The van der Waals surface area contributed by atoms with Gasteiger partial charge in [0, 0.05) is 18.0 Å². The minimum Gasteiger partial charge on any atom is -0.480 e. The fourth-order valence-electron chi connectivity index (χ4n) is 4.64. The Morgan fingerprint density at radius 3 is 2.55 bits per heavy atom. The van der Waals surface area contributed by atoms with Crippen molar-refractivity contribution in [2.45, 2.75) is 38.3 Å². The van der Waals surface area contributed by atoms with Crippen molar-refractivity contribution in [3.63, 3.8) is 0 Å². The molecule has 4 rings (SSSR count). The van der Waals surface area contributed by atoms with Crippen LogP contribution in [0.4, 0.5) is 14.5 Å². The van der Waals surface area contributed by atoms with E-state index < -0.39 is 41.0 Å². The number of hydrogen-bond acceptors (Lipinski definition) is 4. The van der Waals surface area contributed by atoms with Gasteiger partial charge in [-0.3, -0.25) is 9.59 Å². The number of amides is 1. The molecule has 2 aromatic carbocycles. The van der Waals surface area contributed by atoms with Crippen LogP contribution in [0.2, 0.25) is 5.02 Å². The second-order valence-electron chi connectivity index (χ2n) is 9.10. The zero-order chi connectivity index (χ0) is 22.7. The highest BCUT2D eigenvalue weighted by Crippen LogP contribution is 2.55. The van der Waals surface area contributed by atoms with Gasteiger partial charge in [-0.05, 0) is 23.1 Å². The number of halogens is 3. The summed E-state index contributed by atoms with van der Waals surface area (Å²) < 4.78 is 29.8. The van der Waals surface area contributed by atoms with E-state index in [0.717, 1.165) is 0 Å². The Kier molecular flexibility index (Phi) is 5.07. The van der Waals surface area contributed by atoms with Crippen molar-refractivity contribution in [3.05, 3.63) is 64.2 Å². The molecule has 1 spiro atoms. The fraction of sp³-hybridized carbons (Fsp3) is 0.364. The van der Waals surface area contributed by atoms with Crippen LogP contribution in [0.5, 0.6) is 0 Å². The van der Waals surface area contributed by atoms with E-state index in [1.807, 2.05) is 20.8 Å². The third-order valence-electron chi connectivity index (χ3n) is 5.73. The lowest BCUT2D eigenvalue weighted by atomic mass is 9.72. The van der Waals surface area contributed by atoms with Crippen molar-refractivity contribution in [2.24, 2.45) is 5.41 Å². The molecule has 3 unspecified atom stereocenters. The number of nitrogens with zero attached hydrogens (tertiary/aromatic N) is 1. The molecule has 9 heteroatoms. The van der Waals surface area contributed by atoms with E-state index in [4.69, 9.17) is 11.6 Å². The summed E-state index contributed by atoms with van der Waals surface area (Å²) in [5.74, 6) is -4.57. The third kappa shape index (κ3) is 3.21. The van der Waals surface area contributed by atoms with Gasteiger partial charge in [0.25, 0.3) is 5.91 Å². The molecule has 0 radical (unpaired) electrons. The molecule has 164 valence electrons. The van der Waals surface area contributed by atoms with Crippen LogP contribution in [0.1, 0.15) is 37.8 Å². The molecule has 1 saturated heterocycles. The van der Waals surface area contributed by atoms with Gasteiger partial charge in [0.05, 0.1) is 10.7 Å². The van der Waals surface area contributed by atoms with Crippen LogP contribution in [0, 0.1) is 17.0 Å². The first-order valence-electron chi connectivity index (χ1n) is 9.79. The first-order chi connectivity index (χ1) is 14.5. The van der Waals surface area contributed by atoms with E-state index >= 15 is 4.39 Å². The Labute approximate surface area is 183 Å². The predicted molar refractivity (Wildman–Crippen MR) is 112 cm³/mol. The van der Waals surface area contributed by atoms with Crippen molar-refractivity contribution in [1.29, 1.82) is 0 Å². The van der Waals surface area contributed by atoms with Gasteiger partial charge < -0.3 is 10.4 Å². The highest BCUT2D eigenvalue weighted by atomic mass is 35.5. The van der Waals surface area contributed by atoms with Crippen LogP contribution in [0.25, 0.3) is 0 Å². The van der Waals surface area contributed by atoms with Crippen molar-refractivity contribution in [1.82, 2.24) is 10.4 Å². The molecule has 3 N–H and O–H groups in total. The van der Waals surface area contributed by atoms with Crippen LogP contribution < -0.4 is 10.7 Å². The molecule has 0 aromatic heterocycles. The zero-order valence-electron chi connectivity index (χ0n) is 17.2. The van der Waals surface area contributed by atoms with Crippen LogP contribution in [0.15, 0.2) is 36.4 Å². The summed E-state index contributed by atoms with van der Waals surface area (Å²) in [5, 5.41) is 13.9. The molecule has 0 bridgehead atoms. The number of carbonyl (C=O) groups excluding carboxylic acids is 1. The quantitative estimate of drug-likeness (QED) is 0.662. The van der Waals surface area contributed by atoms with Gasteiger partial charge in [0.2, 0.25) is 0 Å². The lowest BCUT2D eigenvalue weighted by Crippen LogP contribution is -2.54. The van der Waals surface area contributed by atoms with Gasteiger partial charge in [-0.2, -0.15) is 0 Å². The molecule has 2 aliphatic heterocycles. The molecular weight excluding hydrogens is 428 g/mol. The van der Waals surface area contributed by atoms with Crippen LogP contribution in [0.3, 0.4) is 0 Å². The summed E-state index contributed by atoms with van der Waals surface area (Å²) >= 11 is 6.00. The number of hydrogen-bond donors (Lipinski definition) is 3. The topological polar surface area (TPSA) is 81.7 Å². The first-order valence-corrected chi connectivity index (χ1v) is 10.2. The standard InChI is InChI=1S/C22H22ClF2N3O3/c1-21(2,3)10-28-22(12-7-5-9-14(24)17(12)26-20(22)31)15(18(27-28)19(29)30)11-6-4-8-13(23)16(11)25/h4-9,15,18,27H,10H2,1-3H3,(H,26,31)(H,29,30). The van der Waals surface area contributed by atoms with E-state index in [2.05, 4.69) is 10.7 Å². The van der Waals surface area contributed by atoms with Gasteiger partial charge in [-0.15, -0.1) is 0 Å². The van der Waals surface area contributed by atoms with Gasteiger partial charge in [-0.25, -0.2) is 19.2 Å². The number of aliphatic carboxylic acids is 1. The second-order valence-corrected chi connectivity index (χ2v) is 9.50. The summed E-state index contributed by atoms with van der Waals surface area (Å²) in [6.07, 6.45) is 0. The maximum Gasteiger partial charge on any atom is 0.322 e. The lowest BCUT2D eigenvalue weighted by molar-refractivity contribution is -0.140. The number of para-hydroxylation sites is 1. The Balaban J connectivity index is 2.05. The van der Waals surface area contributed by atoms with Crippen molar-refractivity contribution < 1.29 is 23.5 Å². The van der Waals surface area contributed by atoms with E-state index in [1.54, 1.807) is 6.07 Å². The Bertz CT molecular complexity index is 1090. The van der Waals surface area contributed by atoms with E-state index in [0.29, 0.717) is 0 Å². The summed E-state index contributed by atoms with van der Waals surface area (Å²) in [6, 6.07) is 7.13. The summed E-state index contributed by atoms with van der Waals surface area (Å²) in [7, 11) is 0.